The third-order valence-electron chi connectivity index (χ3n) is 3.62. The van der Waals surface area contributed by atoms with Gasteiger partial charge < -0.3 is 15.4 Å². The highest BCUT2D eigenvalue weighted by molar-refractivity contribution is 5.99. The normalized spacial score (nSPS) is 27.9. The fraction of sp³-hybridized carbons (Fsp3) is 0.429. The molecule has 1 aromatic rings. The van der Waals surface area contributed by atoms with Crippen LogP contribution in [-0.4, -0.2) is 17.9 Å². The lowest BCUT2D eigenvalue weighted by Crippen LogP contribution is -2.34. The second-order valence-electron chi connectivity index (χ2n) is 5.27. The van der Waals surface area contributed by atoms with Crippen LogP contribution in [0, 0.1) is 11.8 Å². The third kappa shape index (κ3) is 2.28. The van der Waals surface area contributed by atoms with Crippen molar-refractivity contribution in [3.05, 3.63) is 18.2 Å². The fourth-order valence-electron chi connectivity index (χ4n) is 2.21. The number of benzene rings is 1. The Morgan fingerprint density at radius 3 is 2.84 bits per heavy atom. The van der Waals surface area contributed by atoms with Crippen LogP contribution in [0.5, 0.6) is 5.75 Å². The van der Waals surface area contributed by atoms with E-state index in [9.17, 15) is 9.59 Å². The Morgan fingerprint density at radius 2 is 2.16 bits per heavy atom. The number of carbonyl (C=O) groups excluding carboxylic acids is 2. The van der Waals surface area contributed by atoms with E-state index in [1.807, 2.05) is 0 Å². The van der Waals surface area contributed by atoms with Crippen molar-refractivity contribution in [1.29, 1.82) is 0 Å². The van der Waals surface area contributed by atoms with E-state index in [0.717, 1.165) is 6.42 Å². The van der Waals surface area contributed by atoms with Crippen molar-refractivity contribution in [3.63, 3.8) is 0 Å². The second kappa shape index (κ2) is 4.26. The van der Waals surface area contributed by atoms with Crippen LogP contribution in [0.4, 0.5) is 11.4 Å². The minimum atomic E-state index is -0.486. The minimum absolute atomic E-state index is 0.0453. The van der Waals surface area contributed by atoms with Crippen LogP contribution in [0.3, 0.4) is 0 Å². The SMILES string of the molecule is CC1Oc2ccc(NC(=O)C3CC3C)cc2NC1=O. The molecule has 100 valence electrons. The number of amides is 2. The molecule has 2 amide bonds. The van der Waals surface area contributed by atoms with E-state index >= 15 is 0 Å². The third-order valence-corrected chi connectivity index (χ3v) is 3.62. The summed E-state index contributed by atoms with van der Waals surface area (Å²) in [6.45, 7) is 3.76. The van der Waals surface area contributed by atoms with E-state index in [2.05, 4.69) is 17.6 Å². The van der Waals surface area contributed by atoms with Crippen LogP contribution in [-0.2, 0) is 9.59 Å². The van der Waals surface area contributed by atoms with Gasteiger partial charge in [0.15, 0.2) is 6.10 Å². The van der Waals surface area contributed by atoms with Crippen molar-refractivity contribution in [2.45, 2.75) is 26.4 Å². The Hall–Kier alpha value is -2.04. The van der Waals surface area contributed by atoms with Crippen molar-refractivity contribution in [3.8, 4) is 5.75 Å². The Morgan fingerprint density at radius 1 is 1.42 bits per heavy atom. The zero-order valence-corrected chi connectivity index (χ0v) is 10.9. The zero-order valence-electron chi connectivity index (χ0n) is 10.9. The molecule has 1 aromatic carbocycles. The number of rotatable bonds is 2. The summed E-state index contributed by atoms with van der Waals surface area (Å²) in [5.74, 6) is 1.10. The Kier molecular flexibility index (Phi) is 2.69. The molecule has 2 N–H and O–H groups in total. The van der Waals surface area contributed by atoms with E-state index in [0.29, 0.717) is 23.0 Å². The Balaban J connectivity index is 1.76. The number of carbonyl (C=O) groups is 2. The largest absolute Gasteiger partial charge is 0.479 e. The van der Waals surface area contributed by atoms with Crippen molar-refractivity contribution in [2.75, 3.05) is 10.6 Å². The van der Waals surface area contributed by atoms with Crippen molar-refractivity contribution >= 4 is 23.2 Å². The number of hydrogen-bond donors (Lipinski definition) is 2. The molecule has 0 saturated heterocycles. The molecule has 0 spiro atoms. The first-order valence-electron chi connectivity index (χ1n) is 6.47. The molecule has 3 atom stereocenters. The Labute approximate surface area is 111 Å². The van der Waals surface area contributed by atoms with Crippen LogP contribution in [0.1, 0.15) is 20.3 Å². The molecule has 0 aromatic heterocycles. The molecule has 19 heavy (non-hydrogen) atoms. The average molecular weight is 260 g/mol. The molecule has 0 bridgehead atoms. The van der Waals surface area contributed by atoms with Crippen LogP contribution in [0.25, 0.3) is 0 Å². The summed E-state index contributed by atoms with van der Waals surface area (Å²) in [5, 5.41) is 5.63. The number of hydrogen-bond acceptors (Lipinski definition) is 3. The monoisotopic (exact) mass is 260 g/mol. The Bertz CT molecular complexity index is 556. The van der Waals surface area contributed by atoms with Crippen LogP contribution in [0.15, 0.2) is 18.2 Å². The number of fused-ring (bicyclic) bond motifs is 1. The van der Waals surface area contributed by atoms with E-state index in [-0.39, 0.29) is 17.7 Å². The van der Waals surface area contributed by atoms with Gasteiger partial charge in [-0.2, -0.15) is 0 Å². The first kappa shape index (κ1) is 12.0. The van der Waals surface area contributed by atoms with Gasteiger partial charge in [-0.1, -0.05) is 6.92 Å². The molecule has 5 nitrogen and oxygen atoms in total. The summed E-state index contributed by atoms with van der Waals surface area (Å²) < 4.78 is 5.46. The van der Waals surface area contributed by atoms with Gasteiger partial charge in [-0.25, -0.2) is 0 Å². The topological polar surface area (TPSA) is 67.4 Å². The predicted octanol–water partition coefficient (Wildman–Crippen LogP) is 2.00. The van der Waals surface area contributed by atoms with Crippen molar-refractivity contribution in [1.82, 2.24) is 0 Å². The highest BCUT2D eigenvalue weighted by Gasteiger charge is 2.39. The van der Waals surface area contributed by atoms with Crippen LogP contribution < -0.4 is 15.4 Å². The molecular weight excluding hydrogens is 244 g/mol. The maximum Gasteiger partial charge on any atom is 0.265 e. The number of ether oxygens (including phenoxy) is 1. The molecule has 1 aliphatic carbocycles. The highest BCUT2D eigenvalue weighted by atomic mass is 16.5. The van der Waals surface area contributed by atoms with Gasteiger partial charge in [-0.3, -0.25) is 9.59 Å². The lowest BCUT2D eigenvalue weighted by molar-refractivity contribution is -0.122. The second-order valence-corrected chi connectivity index (χ2v) is 5.27. The summed E-state index contributed by atoms with van der Waals surface area (Å²) in [6.07, 6.45) is 0.467. The standard InChI is InChI=1S/C14H16N2O3/c1-7-5-10(7)14(18)15-9-3-4-12-11(6-9)16-13(17)8(2)19-12/h3-4,6-8,10H,5H2,1-2H3,(H,15,18)(H,16,17). The molecule has 1 saturated carbocycles. The van der Waals surface area contributed by atoms with Gasteiger partial charge in [0.2, 0.25) is 5.91 Å². The molecule has 1 fully saturated rings. The molecule has 5 heteroatoms. The van der Waals surface area contributed by atoms with Gasteiger partial charge >= 0.3 is 0 Å². The zero-order chi connectivity index (χ0) is 13.6. The molecule has 0 radical (unpaired) electrons. The van der Waals surface area contributed by atoms with Crippen molar-refractivity contribution in [2.24, 2.45) is 11.8 Å². The predicted molar refractivity (Wildman–Crippen MR) is 71.1 cm³/mol. The first-order chi connectivity index (χ1) is 9.04. The quantitative estimate of drug-likeness (QED) is 0.854. The molecule has 1 heterocycles. The lowest BCUT2D eigenvalue weighted by Gasteiger charge is -2.23. The summed E-state index contributed by atoms with van der Waals surface area (Å²) >= 11 is 0. The van der Waals surface area contributed by atoms with Gasteiger partial charge in [0.05, 0.1) is 5.69 Å². The van der Waals surface area contributed by atoms with Gasteiger partial charge in [0.25, 0.3) is 5.91 Å². The van der Waals surface area contributed by atoms with E-state index < -0.39 is 6.10 Å². The van der Waals surface area contributed by atoms with E-state index in [4.69, 9.17) is 4.74 Å². The van der Waals surface area contributed by atoms with Crippen molar-refractivity contribution < 1.29 is 14.3 Å². The minimum Gasteiger partial charge on any atom is -0.479 e. The summed E-state index contributed by atoms with van der Waals surface area (Å²) in [7, 11) is 0. The molecule has 1 aliphatic heterocycles. The molecule has 2 aliphatic rings. The molecule has 3 unspecified atom stereocenters. The number of anilines is 2. The van der Waals surface area contributed by atoms with Gasteiger partial charge in [-0.15, -0.1) is 0 Å². The first-order valence-corrected chi connectivity index (χ1v) is 6.47. The average Bonchev–Trinajstić information content (AvgIpc) is 3.08. The van der Waals surface area contributed by atoms with E-state index in [1.54, 1.807) is 25.1 Å². The van der Waals surface area contributed by atoms with Crippen LogP contribution >= 0.6 is 0 Å². The van der Waals surface area contributed by atoms with Gasteiger partial charge in [-0.05, 0) is 37.5 Å². The smallest absolute Gasteiger partial charge is 0.265 e. The fourth-order valence-corrected chi connectivity index (χ4v) is 2.21. The molecule has 3 rings (SSSR count). The van der Waals surface area contributed by atoms with E-state index in [1.165, 1.54) is 0 Å². The van der Waals surface area contributed by atoms with Gasteiger partial charge in [0.1, 0.15) is 5.75 Å². The maximum absolute atomic E-state index is 11.8. The summed E-state index contributed by atoms with van der Waals surface area (Å²) in [6, 6.07) is 5.27. The number of nitrogens with one attached hydrogen (secondary N) is 2. The summed E-state index contributed by atoms with van der Waals surface area (Å²) in [5.41, 5.74) is 1.28. The maximum atomic E-state index is 11.8. The van der Waals surface area contributed by atoms with Gasteiger partial charge in [0, 0.05) is 11.6 Å². The lowest BCUT2D eigenvalue weighted by atomic mass is 10.2. The highest BCUT2D eigenvalue weighted by Crippen LogP contribution is 2.39. The summed E-state index contributed by atoms with van der Waals surface area (Å²) in [4.78, 5) is 23.4. The molecular formula is C14H16N2O3. The van der Waals surface area contributed by atoms with Crippen LogP contribution in [0.2, 0.25) is 0 Å².